The molecule has 0 aliphatic heterocycles. The predicted molar refractivity (Wildman–Crippen MR) is 83.2 cm³/mol. The minimum atomic E-state index is -0.923. The van der Waals surface area contributed by atoms with Crippen LogP contribution in [0.1, 0.15) is 25.7 Å². The Bertz CT molecular complexity index is 424. The maximum Gasteiger partial charge on any atom is 0.0580 e. The minimum absolute atomic E-state index is 0.147. The Balaban J connectivity index is 1.74. The van der Waals surface area contributed by atoms with E-state index in [2.05, 4.69) is 11.9 Å². The van der Waals surface area contributed by atoms with Crippen LogP contribution in [-0.2, 0) is 10.8 Å². The van der Waals surface area contributed by atoms with E-state index >= 15 is 0 Å². The fraction of sp³-hybridized carbons (Fsp3) is 0.625. The van der Waals surface area contributed by atoms with Crippen molar-refractivity contribution < 1.29 is 9.32 Å². The smallest absolute Gasteiger partial charge is 0.0580 e. The molecular weight excluding hydrogens is 270 g/mol. The third-order valence-corrected chi connectivity index (χ3v) is 5.43. The molecule has 0 heterocycles. The standard InChI is InChI=1S/C16H25NO2S/c1-17(13-14-7-5-6-10-16(14)18)11-12-20(19)15-8-3-2-4-9-15/h2-4,8-9,14,16,18H,5-7,10-13H2,1H3. The molecule has 1 fully saturated rings. The van der Waals surface area contributed by atoms with E-state index in [1.165, 1.54) is 6.42 Å². The first-order valence-electron chi connectivity index (χ1n) is 7.47. The van der Waals surface area contributed by atoms with Crippen LogP contribution in [0.2, 0.25) is 0 Å². The summed E-state index contributed by atoms with van der Waals surface area (Å²) in [5.74, 6) is 1.04. The summed E-state index contributed by atoms with van der Waals surface area (Å²) < 4.78 is 12.1. The number of rotatable bonds is 6. The average Bonchev–Trinajstić information content (AvgIpc) is 2.48. The van der Waals surface area contributed by atoms with Gasteiger partial charge in [-0.1, -0.05) is 31.0 Å². The zero-order valence-corrected chi connectivity index (χ0v) is 13.0. The molecule has 112 valence electrons. The Hall–Kier alpha value is -0.710. The van der Waals surface area contributed by atoms with Gasteiger partial charge in [0.05, 0.1) is 16.9 Å². The van der Waals surface area contributed by atoms with E-state index in [4.69, 9.17) is 0 Å². The Morgan fingerprint density at radius 1 is 1.25 bits per heavy atom. The van der Waals surface area contributed by atoms with Gasteiger partial charge < -0.3 is 10.0 Å². The van der Waals surface area contributed by atoms with Crippen molar-refractivity contribution in [1.29, 1.82) is 0 Å². The van der Waals surface area contributed by atoms with Gasteiger partial charge in [-0.2, -0.15) is 0 Å². The van der Waals surface area contributed by atoms with E-state index in [1.807, 2.05) is 30.3 Å². The van der Waals surface area contributed by atoms with Gasteiger partial charge in [0.25, 0.3) is 0 Å². The van der Waals surface area contributed by atoms with Gasteiger partial charge in [0.1, 0.15) is 0 Å². The molecule has 4 heteroatoms. The molecule has 3 unspecified atom stereocenters. The molecule has 3 nitrogen and oxygen atoms in total. The minimum Gasteiger partial charge on any atom is -0.393 e. The quantitative estimate of drug-likeness (QED) is 0.875. The SMILES string of the molecule is CN(CCS(=O)c1ccccc1)CC1CCCCC1O. The van der Waals surface area contributed by atoms with E-state index in [-0.39, 0.29) is 6.10 Å². The molecule has 2 rings (SSSR count). The van der Waals surface area contributed by atoms with Gasteiger partial charge in [0, 0.05) is 23.7 Å². The van der Waals surface area contributed by atoms with E-state index in [0.717, 1.165) is 37.2 Å². The lowest BCUT2D eigenvalue weighted by molar-refractivity contribution is 0.0525. The molecule has 1 saturated carbocycles. The van der Waals surface area contributed by atoms with Crippen molar-refractivity contribution in [3.05, 3.63) is 30.3 Å². The lowest BCUT2D eigenvalue weighted by atomic mass is 9.86. The second-order valence-corrected chi connectivity index (χ2v) is 7.31. The monoisotopic (exact) mass is 295 g/mol. The van der Waals surface area contributed by atoms with Gasteiger partial charge in [-0.05, 0) is 37.9 Å². The summed E-state index contributed by atoms with van der Waals surface area (Å²) in [6, 6.07) is 9.63. The lowest BCUT2D eigenvalue weighted by Crippen LogP contribution is -2.36. The van der Waals surface area contributed by atoms with Crippen LogP contribution in [-0.4, -0.2) is 46.2 Å². The molecule has 1 aliphatic rings. The molecular formula is C16H25NO2S. The maximum absolute atomic E-state index is 12.1. The van der Waals surface area contributed by atoms with E-state index in [1.54, 1.807) is 0 Å². The first kappa shape index (κ1) is 15.7. The van der Waals surface area contributed by atoms with Crippen LogP contribution in [0.5, 0.6) is 0 Å². The average molecular weight is 295 g/mol. The van der Waals surface area contributed by atoms with E-state index in [9.17, 15) is 9.32 Å². The summed E-state index contributed by atoms with van der Waals surface area (Å²) in [5, 5.41) is 9.99. The van der Waals surface area contributed by atoms with Crippen LogP contribution in [0.3, 0.4) is 0 Å². The number of aliphatic hydroxyl groups is 1. The summed E-state index contributed by atoms with van der Waals surface area (Å²) in [6.45, 7) is 1.72. The number of hydrogen-bond donors (Lipinski definition) is 1. The van der Waals surface area contributed by atoms with Crippen molar-refractivity contribution in [3.8, 4) is 0 Å². The normalized spacial score (nSPS) is 24.8. The van der Waals surface area contributed by atoms with Crippen LogP contribution in [0.15, 0.2) is 35.2 Å². The summed E-state index contributed by atoms with van der Waals surface area (Å²) >= 11 is 0. The first-order valence-corrected chi connectivity index (χ1v) is 8.79. The highest BCUT2D eigenvalue weighted by atomic mass is 32.2. The third-order valence-electron chi connectivity index (χ3n) is 4.08. The fourth-order valence-electron chi connectivity index (χ4n) is 2.82. The van der Waals surface area contributed by atoms with Gasteiger partial charge in [0.2, 0.25) is 0 Å². The Morgan fingerprint density at radius 3 is 2.65 bits per heavy atom. The number of nitrogens with zero attached hydrogens (tertiary/aromatic N) is 1. The maximum atomic E-state index is 12.1. The molecule has 1 aromatic carbocycles. The van der Waals surface area contributed by atoms with Gasteiger partial charge >= 0.3 is 0 Å². The van der Waals surface area contributed by atoms with Crippen molar-refractivity contribution in [2.45, 2.75) is 36.7 Å². The molecule has 0 aromatic heterocycles. The zero-order valence-electron chi connectivity index (χ0n) is 12.2. The fourth-order valence-corrected chi connectivity index (χ4v) is 4.00. The van der Waals surface area contributed by atoms with Crippen LogP contribution < -0.4 is 0 Å². The van der Waals surface area contributed by atoms with Crippen molar-refractivity contribution in [3.63, 3.8) is 0 Å². The lowest BCUT2D eigenvalue weighted by Gasteiger charge is -2.31. The molecule has 0 amide bonds. The predicted octanol–water partition coefficient (Wildman–Crippen LogP) is 2.28. The number of benzene rings is 1. The van der Waals surface area contributed by atoms with E-state index < -0.39 is 10.8 Å². The van der Waals surface area contributed by atoms with Gasteiger partial charge in [-0.15, -0.1) is 0 Å². The summed E-state index contributed by atoms with van der Waals surface area (Å²) in [5.41, 5.74) is 0. The molecule has 3 atom stereocenters. The Labute approximate surface area is 124 Å². The van der Waals surface area contributed by atoms with Crippen LogP contribution >= 0.6 is 0 Å². The highest BCUT2D eigenvalue weighted by molar-refractivity contribution is 7.85. The Kier molecular flexibility index (Phi) is 6.20. The molecule has 1 aliphatic carbocycles. The summed E-state index contributed by atoms with van der Waals surface area (Å²) in [4.78, 5) is 3.11. The zero-order chi connectivity index (χ0) is 14.4. The number of aliphatic hydroxyl groups excluding tert-OH is 1. The van der Waals surface area contributed by atoms with Crippen LogP contribution in [0.4, 0.5) is 0 Å². The number of hydrogen-bond acceptors (Lipinski definition) is 3. The van der Waals surface area contributed by atoms with Gasteiger partial charge in [-0.25, -0.2) is 0 Å². The van der Waals surface area contributed by atoms with Gasteiger partial charge in [0.15, 0.2) is 0 Å². The molecule has 0 radical (unpaired) electrons. The third kappa shape index (κ3) is 4.69. The van der Waals surface area contributed by atoms with Crippen LogP contribution in [0.25, 0.3) is 0 Å². The van der Waals surface area contributed by atoms with E-state index in [0.29, 0.717) is 11.7 Å². The topological polar surface area (TPSA) is 40.5 Å². The van der Waals surface area contributed by atoms with Crippen molar-refractivity contribution in [2.75, 3.05) is 25.9 Å². The summed E-state index contributed by atoms with van der Waals surface area (Å²) in [7, 11) is 1.14. The summed E-state index contributed by atoms with van der Waals surface area (Å²) in [6.07, 6.45) is 4.29. The van der Waals surface area contributed by atoms with Crippen molar-refractivity contribution in [2.24, 2.45) is 5.92 Å². The Morgan fingerprint density at radius 2 is 1.95 bits per heavy atom. The molecule has 1 aromatic rings. The molecule has 1 N–H and O–H groups in total. The second kappa shape index (κ2) is 7.91. The molecule has 20 heavy (non-hydrogen) atoms. The van der Waals surface area contributed by atoms with Gasteiger partial charge in [-0.3, -0.25) is 4.21 Å². The highest BCUT2D eigenvalue weighted by Crippen LogP contribution is 2.24. The van der Waals surface area contributed by atoms with Crippen LogP contribution in [0, 0.1) is 5.92 Å². The second-order valence-electron chi connectivity index (χ2n) is 5.74. The molecule has 0 bridgehead atoms. The van der Waals surface area contributed by atoms with Crippen molar-refractivity contribution in [1.82, 2.24) is 4.90 Å². The van der Waals surface area contributed by atoms with Crippen molar-refractivity contribution >= 4 is 10.8 Å². The largest absolute Gasteiger partial charge is 0.393 e. The highest BCUT2D eigenvalue weighted by Gasteiger charge is 2.24. The molecule has 0 spiro atoms. The first-order chi connectivity index (χ1) is 9.66. The molecule has 0 saturated heterocycles.